The Morgan fingerprint density at radius 2 is 1.87 bits per heavy atom. The van der Waals surface area contributed by atoms with E-state index in [4.69, 9.17) is 4.74 Å². The number of nitrogens with one attached hydrogen (secondary N) is 1. The Morgan fingerprint density at radius 3 is 2.53 bits per heavy atom. The van der Waals surface area contributed by atoms with Crippen molar-refractivity contribution in [1.29, 1.82) is 0 Å². The number of benzene rings is 2. The molecule has 30 heavy (non-hydrogen) atoms. The molecule has 2 aromatic carbocycles. The van der Waals surface area contributed by atoms with Crippen molar-refractivity contribution in [1.82, 2.24) is 19.7 Å². The summed E-state index contributed by atoms with van der Waals surface area (Å²) in [6, 6.07) is 14.7. The molecule has 0 aliphatic carbocycles. The number of nitrogens with zero attached hydrogens (tertiary/aromatic N) is 3. The highest BCUT2D eigenvalue weighted by Gasteiger charge is 2.23. The molecule has 2 heterocycles. The van der Waals surface area contributed by atoms with E-state index in [1.807, 2.05) is 49.7 Å². The number of amides is 1. The van der Waals surface area contributed by atoms with E-state index in [1.165, 1.54) is 4.68 Å². The van der Waals surface area contributed by atoms with E-state index >= 15 is 0 Å². The standard InChI is InChI=1S/C23H24N4O3/c1-5-14(2)24-22(28)20-19-17-8-6-7-9-18(17)26(3)21(19)23(29)27(25-20)15-10-12-16(30-4)13-11-15/h6-14H,5H2,1-4H3,(H,24,28)/t14-/m1/s1. The molecule has 1 N–H and O–H groups in total. The fourth-order valence-electron chi connectivity index (χ4n) is 3.63. The number of aromatic nitrogens is 3. The van der Waals surface area contributed by atoms with Crippen molar-refractivity contribution < 1.29 is 9.53 Å². The lowest BCUT2D eigenvalue weighted by molar-refractivity contribution is 0.0934. The second-order valence-corrected chi connectivity index (χ2v) is 7.35. The number of ether oxygens (including phenoxy) is 1. The Balaban J connectivity index is 2.06. The van der Waals surface area contributed by atoms with E-state index in [1.54, 1.807) is 31.4 Å². The molecule has 0 saturated carbocycles. The van der Waals surface area contributed by atoms with Gasteiger partial charge in [0.15, 0.2) is 5.69 Å². The average Bonchev–Trinajstić information content (AvgIpc) is 3.07. The van der Waals surface area contributed by atoms with Crippen LogP contribution in [0.1, 0.15) is 30.8 Å². The molecule has 2 aromatic heterocycles. The van der Waals surface area contributed by atoms with Gasteiger partial charge in [0.1, 0.15) is 11.3 Å². The first kappa shape index (κ1) is 19.7. The third-order valence-electron chi connectivity index (χ3n) is 5.46. The van der Waals surface area contributed by atoms with E-state index in [-0.39, 0.29) is 23.2 Å². The number of para-hydroxylation sites is 1. The number of hydrogen-bond donors (Lipinski definition) is 1. The highest BCUT2D eigenvalue weighted by Crippen LogP contribution is 2.28. The van der Waals surface area contributed by atoms with E-state index in [0.717, 1.165) is 17.3 Å². The first-order chi connectivity index (χ1) is 14.5. The van der Waals surface area contributed by atoms with Crippen molar-refractivity contribution in [3.63, 3.8) is 0 Å². The Bertz CT molecular complexity index is 1300. The van der Waals surface area contributed by atoms with Crippen LogP contribution < -0.4 is 15.6 Å². The van der Waals surface area contributed by atoms with Crippen molar-refractivity contribution in [2.45, 2.75) is 26.3 Å². The van der Waals surface area contributed by atoms with Crippen molar-refractivity contribution >= 4 is 27.7 Å². The largest absolute Gasteiger partial charge is 0.497 e. The lowest BCUT2D eigenvalue weighted by Crippen LogP contribution is -2.35. The summed E-state index contributed by atoms with van der Waals surface area (Å²) in [7, 11) is 3.42. The van der Waals surface area contributed by atoms with Crippen LogP contribution in [0.5, 0.6) is 5.75 Å². The number of fused-ring (bicyclic) bond motifs is 3. The summed E-state index contributed by atoms with van der Waals surface area (Å²) >= 11 is 0. The third-order valence-corrected chi connectivity index (χ3v) is 5.46. The van der Waals surface area contributed by atoms with Gasteiger partial charge in [0, 0.05) is 29.4 Å². The smallest absolute Gasteiger partial charge is 0.296 e. The molecule has 0 aliphatic heterocycles. The van der Waals surface area contributed by atoms with Crippen LogP contribution in [0.25, 0.3) is 27.5 Å². The minimum Gasteiger partial charge on any atom is -0.497 e. The van der Waals surface area contributed by atoms with Gasteiger partial charge in [-0.25, -0.2) is 0 Å². The monoisotopic (exact) mass is 404 g/mol. The van der Waals surface area contributed by atoms with Gasteiger partial charge in [-0.2, -0.15) is 9.78 Å². The molecule has 7 heteroatoms. The first-order valence-corrected chi connectivity index (χ1v) is 9.92. The Kier molecular flexibility index (Phi) is 5.03. The van der Waals surface area contributed by atoms with Gasteiger partial charge in [-0.1, -0.05) is 25.1 Å². The number of rotatable bonds is 5. The van der Waals surface area contributed by atoms with E-state index in [9.17, 15) is 9.59 Å². The number of carbonyl (C=O) groups is 1. The molecule has 0 unspecified atom stereocenters. The van der Waals surface area contributed by atoms with Crippen LogP contribution in [0.3, 0.4) is 0 Å². The van der Waals surface area contributed by atoms with Gasteiger partial charge in [0.25, 0.3) is 11.5 Å². The Morgan fingerprint density at radius 1 is 1.17 bits per heavy atom. The molecule has 154 valence electrons. The van der Waals surface area contributed by atoms with Gasteiger partial charge < -0.3 is 14.6 Å². The molecule has 4 rings (SSSR count). The van der Waals surface area contributed by atoms with E-state index in [2.05, 4.69) is 10.4 Å². The van der Waals surface area contributed by atoms with Crippen LogP contribution in [0.15, 0.2) is 53.3 Å². The minimum atomic E-state index is -0.298. The maximum absolute atomic E-state index is 13.4. The zero-order valence-electron chi connectivity index (χ0n) is 17.5. The van der Waals surface area contributed by atoms with Crippen LogP contribution >= 0.6 is 0 Å². The minimum absolute atomic E-state index is 0.00862. The predicted octanol–water partition coefficient (Wildman–Crippen LogP) is 3.41. The maximum Gasteiger partial charge on any atom is 0.296 e. The molecule has 4 aromatic rings. The molecule has 1 amide bonds. The molecular formula is C23H24N4O3. The van der Waals surface area contributed by atoms with Crippen molar-refractivity contribution in [3.05, 3.63) is 64.6 Å². The highest BCUT2D eigenvalue weighted by atomic mass is 16.5. The van der Waals surface area contributed by atoms with Crippen LogP contribution in [0.2, 0.25) is 0 Å². The maximum atomic E-state index is 13.4. The molecule has 0 bridgehead atoms. The molecule has 0 fully saturated rings. The van der Waals surface area contributed by atoms with Crippen LogP contribution in [0, 0.1) is 0 Å². The second kappa shape index (κ2) is 7.67. The molecule has 0 saturated heterocycles. The summed E-state index contributed by atoms with van der Waals surface area (Å²) in [5.74, 6) is 0.375. The van der Waals surface area contributed by atoms with Gasteiger partial charge in [-0.05, 0) is 43.7 Å². The van der Waals surface area contributed by atoms with Gasteiger partial charge in [-0.3, -0.25) is 9.59 Å². The zero-order valence-corrected chi connectivity index (χ0v) is 17.5. The van der Waals surface area contributed by atoms with E-state index < -0.39 is 0 Å². The summed E-state index contributed by atoms with van der Waals surface area (Å²) in [6.07, 6.45) is 0.794. The Hall–Kier alpha value is -3.61. The lowest BCUT2D eigenvalue weighted by atomic mass is 10.1. The SMILES string of the molecule is CC[C@@H](C)NC(=O)c1nn(-c2ccc(OC)cc2)c(=O)c2c1c1ccccc1n2C. The van der Waals surface area contributed by atoms with Gasteiger partial charge in [-0.15, -0.1) is 0 Å². The summed E-state index contributed by atoms with van der Waals surface area (Å²) in [6.45, 7) is 3.95. The van der Waals surface area contributed by atoms with Gasteiger partial charge >= 0.3 is 0 Å². The van der Waals surface area contributed by atoms with Gasteiger partial charge in [0.05, 0.1) is 12.8 Å². The summed E-state index contributed by atoms with van der Waals surface area (Å²) in [5, 5.41) is 8.90. The van der Waals surface area contributed by atoms with Gasteiger partial charge in [0.2, 0.25) is 0 Å². The topological polar surface area (TPSA) is 78.2 Å². The second-order valence-electron chi connectivity index (χ2n) is 7.35. The highest BCUT2D eigenvalue weighted by molar-refractivity contribution is 6.16. The third kappa shape index (κ3) is 3.12. The lowest BCUT2D eigenvalue weighted by Gasteiger charge is -2.14. The van der Waals surface area contributed by atoms with E-state index in [0.29, 0.717) is 22.3 Å². The molecular weight excluding hydrogens is 380 g/mol. The van der Waals surface area contributed by atoms with Crippen LogP contribution in [-0.2, 0) is 7.05 Å². The van der Waals surface area contributed by atoms with Crippen molar-refractivity contribution in [2.24, 2.45) is 7.05 Å². The predicted molar refractivity (Wildman–Crippen MR) is 118 cm³/mol. The van der Waals surface area contributed by atoms with Crippen molar-refractivity contribution in [2.75, 3.05) is 7.11 Å². The Labute approximate surface area is 173 Å². The molecule has 0 aliphatic rings. The van der Waals surface area contributed by atoms with Crippen molar-refractivity contribution in [3.8, 4) is 11.4 Å². The number of aryl methyl sites for hydroxylation is 1. The van der Waals surface area contributed by atoms with Crippen LogP contribution in [-0.4, -0.2) is 33.4 Å². The number of hydrogen-bond acceptors (Lipinski definition) is 4. The zero-order chi connectivity index (χ0) is 21.4. The summed E-state index contributed by atoms with van der Waals surface area (Å²) in [4.78, 5) is 26.6. The number of methoxy groups -OCH3 is 1. The fraction of sp³-hybridized carbons (Fsp3) is 0.261. The fourth-order valence-corrected chi connectivity index (χ4v) is 3.63. The molecule has 7 nitrogen and oxygen atoms in total. The van der Waals surface area contributed by atoms with Crippen LogP contribution in [0.4, 0.5) is 0 Å². The first-order valence-electron chi connectivity index (χ1n) is 9.92. The average molecular weight is 404 g/mol. The normalized spacial score (nSPS) is 12.3. The molecule has 0 radical (unpaired) electrons. The number of carbonyl (C=O) groups excluding carboxylic acids is 1. The summed E-state index contributed by atoms with van der Waals surface area (Å²) < 4.78 is 8.32. The summed E-state index contributed by atoms with van der Waals surface area (Å²) in [5.41, 5.74) is 1.82. The molecule has 0 spiro atoms. The quantitative estimate of drug-likeness (QED) is 0.553. The molecule has 1 atom stereocenters.